The molecular formula is C26H24F5N7O2. The summed E-state index contributed by atoms with van der Waals surface area (Å²) < 4.78 is 64.7. The Hall–Kier alpha value is -4.75. The largest absolute Gasteiger partial charge is 0.405 e. The van der Waals surface area contributed by atoms with E-state index in [0.717, 1.165) is 12.1 Å². The lowest BCUT2D eigenvalue weighted by molar-refractivity contribution is -0.139. The smallest absolute Gasteiger partial charge is 0.372 e. The van der Waals surface area contributed by atoms with E-state index in [1.54, 1.807) is 38.4 Å². The van der Waals surface area contributed by atoms with Crippen LogP contribution in [-0.4, -0.2) is 45.7 Å². The van der Waals surface area contributed by atoms with Gasteiger partial charge in [0, 0.05) is 41.2 Å². The van der Waals surface area contributed by atoms with Gasteiger partial charge in [0.2, 0.25) is 5.91 Å². The molecule has 0 saturated heterocycles. The minimum absolute atomic E-state index is 0.211. The molecule has 0 radical (unpaired) electrons. The molecule has 4 rings (SSSR count). The Balaban J connectivity index is 1.52. The number of hydrogen-bond donors (Lipinski definition) is 5. The molecule has 3 aromatic heterocycles. The molecule has 0 aliphatic rings. The standard InChI is InChI=1S/C26H24F5N7O2/c1-13(2)22(24(39)35-12-26(29,30)31)36-16-5-14(8-32-9-16)19-11-34-23-18(19)7-17(10-33-23)37-25(40)38-21-4-3-15(27)6-20(21)28/h3-11,13,22,36H,12H2,1-2H3,(H,33,34)(H,35,39)(H2,37,38,40). The van der Waals surface area contributed by atoms with E-state index in [4.69, 9.17) is 0 Å². The molecule has 1 atom stereocenters. The minimum atomic E-state index is -4.53. The van der Waals surface area contributed by atoms with Crippen LogP contribution in [0.3, 0.4) is 0 Å². The van der Waals surface area contributed by atoms with Gasteiger partial charge in [0.25, 0.3) is 0 Å². The van der Waals surface area contributed by atoms with Crippen molar-refractivity contribution in [3.8, 4) is 11.1 Å². The first-order valence-corrected chi connectivity index (χ1v) is 12.0. The van der Waals surface area contributed by atoms with Gasteiger partial charge in [-0.15, -0.1) is 0 Å². The fourth-order valence-electron chi connectivity index (χ4n) is 3.86. The number of carbonyl (C=O) groups is 2. The van der Waals surface area contributed by atoms with Crippen LogP contribution in [0.4, 0.5) is 43.8 Å². The molecule has 0 saturated carbocycles. The molecule has 5 N–H and O–H groups in total. The number of fused-ring (bicyclic) bond motifs is 1. The van der Waals surface area contributed by atoms with E-state index in [-0.39, 0.29) is 17.3 Å². The number of pyridine rings is 2. The van der Waals surface area contributed by atoms with Gasteiger partial charge in [-0.3, -0.25) is 9.78 Å². The van der Waals surface area contributed by atoms with Crippen LogP contribution >= 0.6 is 0 Å². The van der Waals surface area contributed by atoms with E-state index in [1.165, 1.54) is 12.4 Å². The zero-order chi connectivity index (χ0) is 29.0. The van der Waals surface area contributed by atoms with Gasteiger partial charge in [-0.05, 0) is 30.2 Å². The number of nitrogens with one attached hydrogen (secondary N) is 5. The maximum Gasteiger partial charge on any atom is 0.405 e. The number of hydrogen-bond acceptors (Lipinski definition) is 5. The van der Waals surface area contributed by atoms with Gasteiger partial charge in [-0.25, -0.2) is 18.6 Å². The monoisotopic (exact) mass is 561 g/mol. The second-order valence-electron chi connectivity index (χ2n) is 9.19. The molecule has 0 bridgehead atoms. The minimum Gasteiger partial charge on any atom is -0.372 e. The van der Waals surface area contributed by atoms with Crippen LogP contribution in [0.5, 0.6) is 0 Å². The van der Waals surface area contributed by atoms with Crippen LogP contribution in [0.15, 0.2) is 55.1 Å². The molecule has 0 fully saturated rings. The molecular weight excluding hydrogens is 537 g/mol. The molecule has 9 nitrogen and oxygen atoms in total. The summed E-state index contributed by atoms with van der Waals surface area (Å²) in [5.41, 5.74) is 2.17. The third kappa shape index (κ3) is 7.01. The van der Waals surface area contributed by atoms with Crippen LogP contribution in [0.2, 0.25) is 0 Å². The Bertz CT molecular complexity index is 1540. The molecule has 3 heterocycles. The summed E-state index contributed by atoms with van der Waals surface area (Å²) >= 11 is 0. The molecule has 0 spiro atoms. The number of carbonyl (C=O) groups excluding carboxylic acids is 2. The normalized spacial score (nSPS) is 12.3. The molecule has 0 aliphatic carbocycles. The molecule has 4 aromatic rings. The predicted octanol–water partition coefficient (Wildman–Crippen LogP) is 5.66. The highest BCUT2D eigenvalue weighted by Gasteiger charge is 2.30. The van der Waals surface area contributed by atoms with E-state index < -0.39 is 42.3 Å². The lowest BCUT2D eigenvalue weighted by Crippen LogP contribution is -2.46. The average Bonchev–Trinajstić information content (AvgIpc) is 3.30. The summed E-state index contributed by atoms with van der Waals surface area (Å²) in [5, 5.41) is 10.3. The Labute approximate surface area is 224 Å². The highest BCUT2D eigenvalue weighted by atomic mass is 19.4. The summed E-state index contributed by atoms with van der Waals surface area (Å²) in [5.74, 6) is -2.85. The molecule has 0 aliphatic heterocycles. The summed E-state index contributed by atoms with van der Waals surface area (Å²) in [7, 11) is 0. The topological polar surface area (TPSA) is 124 Å². The first kappa shape index (κ1) is 28.3. The van der Waals surface area contributed by atoms with Crippen molar-refractivity contribution in [3.63, 3.8) is 0 Å². The SMILES string of the molecule is CC(C)C(Nc1cncc(-c2c[nH]c3ncc(NC(=O)Nc4ccc(F)cc4F)cc23)c1)C(=O)NCC(F)(F)F. The van der Waals surface area contributed by atoms with Crippen LogP contribution in [0, 0.1) is 17.6 Å². The number of anilines is 3. The lowest BCUT2D eigenvalue weighted by atomic mass is 10.0. The summed E-state index contributed by atoms with van der Waals surface area (Å²) in [6, 6.07) is 4.30. The van der Waals surface area contributed by atoms with Gasteiger partial charge in [0.05, 0.1) is 23.3 Å². The van der Waals surface area contributed by atoms with Crippen LogP contribution in [-0.2, 0) is 4.79 Å². The third-order valence-corrected chi connectivity index (χ3v) is 5.75. The highest BCUT2D eigenvalue weighted by Crippen LogP contribution is 2.31. The second kappa shape index (κ2) is 11.6. The number of H-pyrrole nitrogens is 1. The number of aromatic nitrogens is 3. The Morgan fingerprint density at radius 1 is 1.00 bits per heavy atom. The number of urea groups is 1. The Kier molecular flexibility index (Phi) is 8.16. The lowest BCUT2D eigenvalue weighted by Gasteiger charge is -2.23. The van der Waals surface area contributed by atoms with E-state index >= 15 is 0 Å². The maximum atomic E-state index is 13.9. The average molecular weight is 562 g/mol. The molecule has 40 heavy (non-hydrogen) atoms. The van der Waals surface area contributed by atoms with Crippen LogP contribution in [0.25, 0.3) is 22.2 Å². The predicted molar refractivity (Wildman–Crippen MR) is 140 cm³/mol. The Morgan fingerprint density at radius 3 is 2.48 bits per heavy atom. The fourth-order valence-corrected chi connectivity index (χ4v) is 3.86. The van der Waals surface area contributed by atoms with Gasteiger partial charge in [0.1, 0.15) is 29.9 Å². The van der Waals surface area contributed by atoms with E-state index in [9.17, 15) is 31.5 Å². The van der Waals surface area contributed by atoms with Crippen molar-refractivity contribution in [2.24, 2.45) is 5.92 Å². The van der Waals surface area contributed by atoms with E-state index in [0.29, 0.717) is 33.9 Å². The molecule has 1 unspecified atom stereocenters. The van der Waals surface area contributed by atoms with E-state index in [2.05, 4.69) is 30.9 Å². The van der Waals surface area contributed by atoms with Gasteiger partial charge in [-0.1, -0.05) is 13.8 Å². The van der Waals surface area contributed by atoms with Gasteiger partial charge >= 0.3 is 12.2 Å². The van der Waals surface area contributed by atoms with Crippen molar-refractivity contribution in [2.45, 2.75) is 26.1 Å². The zero-order valence-electron chi connectivity index (χ0n) is 21.2. The summed E-state index contributed by atoms with van der Waals surface area (Å²) in [6.45, 7) is 1.95. The van der Waals surface area contributed by atoms with Crippen molar-refractivity contribution in [1.29, 1.82) is 0 Å². The second-order valence-corrected chi connectivity index (χ2v) is 9.19. The molecule has 14 heteroatoms. The number of alkyl halides is 3. The van der Waals surface area contributed by atoms with Gasteiger partial charge in [0.15, 0.2) is 0 Å². The Morgan fingerprint density at radius 2 is 1.77 bits per heavy atom. The van der Waals surface area contributed by atoms with Crippen molar-refractivity contribution >= 4 is 40.0 Å². The number of amides is 3. The van der Waals surface area contributed by atoms with E-state index in [1.807, 2.05) is 5.32 Å². The number of benzene rings is 1. The van der Waals surface area contributed by atoms with Gasteiger partial charge in [-0.2, -0.15) is 13.2 Å². The first-order chi connectivity index (χ1) is 18.9. The maximum absolute atomic E-state index is 13.9. The number of halogens is 5. The summed E-state index contributed by atoms with van der Waals surface area (Å²) in [4.78, 5) is 36.3. The molecule has 210 valence electrons. The quantitative estimate of drug-likeness (QED) is 0.178. The number of rotatable bonds is 8. The van der Waals surface area contributed by atoms with Crippen molar-refractivity contribution in [2.75, 3.05) is 22.5 Å². The van der Waals surface area contributed by atoms with Crippen LogP contribution in [0.1, 0.15) is 13.8 Å². The van der Waals surface area contributed by atoms with Gasteiger partial charge < -0.3 is 26.3 Å². The van der Waals surface area contributed by atoms with Crippen molar-refractivity contribution in [3.05, 3.63) is 66.8 Å². The molecule has 1 aromatic carbocycles. The molecule has 3 amide bonds. The third-order valence-electron chi connectivity index (χ3n) is 5.75. The fraction of sp³-hybridized carbons (Fsp3) is 0.231. The zero-order valence-corrected chi connectivity index (χ0v) is 21.2. The highest BCUT2D eigenvalue weighted by molar-refractivity contribution is 6.02. The number of aromatic amines is 1. The first-order valence-electron chi connectivity index (χ1n) is 12.0. The van der Waals surface area contributed by atoms with Crippen molar-refractivity contribution < 1.29 is 31.5 Å². The summed E-state index contributed by atoms with van der Waals surface area (Å²) in [6.07, 6.45) is 1.49. The van der Waals surface area contributed by atoms with Crippen molar-refractivity contribution in [1.82, 2.24) is 20.3 Å². The number of nitrogens with zero attached hydrogens (tertiary/aromatic N) is 2. The van der Waals surface area contributed by atoms with Crippen LogP contribution < -0.4 is 21.3 Å².